The number of thiophene rings is 1. The minimum absolute atomic E-state index is 0.0254. The number of hydrogen-bond donors (Lipinski definition) is 1. The number of rotatable bonds is 6. The number of ether oxygens (including phenoxy) is 1. The minimum atomic E-state index is -0.644. The van der Waals surface area contributed by atoms with Crippen LogP contribution in [0.2, 0.25) is 0 Å². The van der Waals surface area contributed by atoms with E-state index in [4.69, 9.17) is 9.72 Å². The summed E-state index contributed by atoms with van der Waals surface area (Å²) < 4.78 is 7.28. The van der Waals surface area contributed by atoms with Crippen LogP contribution < -0.4 is 10.3 Å². The second-order valence-corrected chi connectivity index (χ2v) is 9.31. The van der Waals surface area contributed by atoms with Gasteiger partial charge in [0.15, 0.2) is 5.16 Å². The standard InChI is InChI=1S/C21H24N2O3S2/c1-13-6-5-7-15(10-13)26-11-14(24)12-27-21-22-19-18(20(25)23(21)2)16-8-3-4-9-17(16)28-19/h5-7,10,14,24H,3-4,8-9,11-12H2,1-2H3/t14-/m1/s1. The molecule has 0 saturated carbocycles. The number of fused-ring (bicyclic) bond motifs is 3. The lowest BCUT2D eigenvalue weighted by Gasteiger charge is -2.13. The lowest BCUT2D eigenvalue weighted by atomic mass is 9.97. The Morgan fingerprint density at radius 2 is 2.18 bits per heavy atom. The maximum absolute atomic E-state index is 12.9. The minimum Gasteiger partial charge on any atom is -0.491 e. The highest BCUT2D eigenvalue weighted by Gasteiger charge is 2.21. The van der Waals surface area contributed by atoms with E-state index in [-0.39, 0.29) is 12.2 Å². The van der Waals surface area contributed by atoms with Crippen LogP contribution in [0, 0.1) is 6.92 Å². The van der Waals surface area contributed by atoms with Gasteiger partial charge in [0.1, 0.15) is 17.2 Å². The number of aryl methyl sites for hydroxylation is 3. The average molecular weight is 417 g/mol. The second kappa shape index (κ2) is 8.27. The third-order valence-corrected chi connectivity index (χ3v) is 7.35. The molecule has 7 heteroatoms. The van der Waals surface area contributed by atoms with Crippen LogP contribution in [-0.2, 0) is 19.9 Å². The quantitative estimate of drug-likeness (QED) is 0.490. The van der Waals surface area contributed by atoms with Gasteiger partial charge in [-0.15, -0.1) is 11.3 Å². The molecule has 4 rings (SSSR count). The Balaban J connectivity index is 1.46. The fourth-order valence-electron chi connectivity index (χ4n) is 3.51. The molecule has 1 N–H and O–H groups in total. The number of hydrogen-bond acceptors (Lipinski definition) is 6. The molecule has 0 spiro atoms. The van der Waals surface area contributed by atoms with Crippen molar-refractivity contribution in [3.63, 3.8) is 0 Å². The lowest BCUT2D eigenvalue weighted by Crippen LogP contribution is -2.23. The monoisotopic (exact) mass is 416 g/mol. The first kappa shape index (κ1) is 19.5. The molecule has 0 fully saturated rings. The summed E-state index contributed by atoms with van der Waals surface area (Å²) in [4.78, 5) is 19.8. The van der Waals surface area contributed by atoms with Gasteiger partial charge < -0.3 is 9.84 Å². The summed E-state index contributed by atoms with van der Waals surface area (Å²) in [6.45, 7) is 2.21. The van der Waals surface area contributed by atoms with Crippen LogP contribution in [0.3, 0.4) is 0 Å². The molecule has 28 heavy (non-hydrogen) atoms. The van der Waals surface area contributed by atoms with Gasteiger partial charge in [-0.05, 0) is 55.9 Å². The highest BCUT2D eigenvalue weighted by Crippen LogP contribution is 2.34. The Morgan fingerprint density at radius 3 is 3.00 bits per heavy atom. The Labute approximate surface area is 172 Å². The molecule has 1 aliphatic carbocycles. The largest absolute Gasteiger partial charge is 0.491 e. The van der Waals surface area contributed by atoms with Crippen LogP contribution in [0.15, 0.2) is 34.2 Å². The highest BCUT2D eigenvalue weighted by molar-refractivity contribution is 7.99. The molecule has 0 unspecified atom stereocenters. The van der Waals surface area contributed by atoms with E-state index in [1.165, 1.54) is 28.6 Å². The zero-order valence-corrected chi connectivity index (χ0v) is 17.7. The van der Waals surface area contributed by atoms with Gasteiger partial charge >= 0.3 is 0 Å². The number of benzene rings is 1. The summed E-state index contributed by atoms with van der Waals surface area (Å²) in [7, 11) is 1.76. The molecule has 0 bridgehead atoms. The zero-order valence-electron chi connectivity index (χ0n) is 16.1. The van der Waals surface area contributed by atoms with E-state index >= 15 is 0 Å². The Morgan fingerprint density at radius 1 is 1.36 bits per heavy atom. The van der Waals surface area contributed by atoms with Gasteiger partial charge in [-0.25, -0.2) is 4.98 Å². The van der Waals surface area contributed by atoms with Crippen molar-refractivity contribution in [1.82, 2.24) is 9.55 Å². The Hall–Kier alpha value is -1.83. The average Bonchev–Trinajstić information content (AvgIpc) is 3.06. The summed E-state index contributed by atoms with van der Waals surface area (Å²) >= 11 is 3.05. The molecule has 0 aliphatic heterocycles. The summed E-state index contributed by atoms with van der Waals surface area (Å²) in [6.07, 6.45) is 3.72. The topological polar surface area (TPSA) is 64.3 Å². The first-order valence-electron chi connectivity index (χ1n) is 9.54. The van der Waals surface area contributed by atoms with Crippen molar-refractivity contribution < 1.29 is 9.84 Å². The van der Waals surface area contributed by atoms with Crippen LogP contribution in [-0.4, -0.2) is 33.1 Å². The number of thioether (sulfide) groups is 1. The molecule has 5 nitrogen and oxygen atoms in total. The van der Waals surface area contributed by atoms with E-state index in [0.29, 0.717) is 10.9 Å². The molecular formula is C21H24N2O3S2. The summed E-state index contributed by atoms with van der Waals surface area (Å²) in [6, 6.07) is 7.76. The number of aromatic nitrogens is 2. The molecule has 2 heterocycles. The van der Waals surface area contributed by atoms with E-state index < -0.39 is 6.10 Å². The van der Waals surface area contributed by atoms with Gasteiger partial charge in [-0.2, -0.15) is 0 Å². The van der Waals surface area contributed by atoms with Crippen LogP contribution in [0.1, 0.15) is 28.8 Å². The highest BCUT2D eigenvalue weighted by atomic mass is 32.2. The van der Waals surface area contributed by atoms with Crippen molar-refractivity contribution in [3.8, 4) is 5.75 Å². The van der Waals surface area contributed by atoms with Crippen LogP contribution in [0.5, 0.6) is 5.75 Å². The summed E-state index contributed by atoms with van der Waals surface area (Å²) in [5.41, 5.74) is 2.35. The summed E-state index contributed by atoms with van der Waals surface area (Å²) in [5.74, 6) is 1.17. The van der Waals surface area contributed by atoms with Crippen molar-refractivity contribution in [2.45, 2.75) is 43.9 Å². The number of aliphatic hydroxyl groups is 1. The molecule has 3 aromatic rings. The van der Waals surface area contributed by atoms with Crippen molar-refractivity contribution in [2.75, 3.05) is 12.4 Å². The van der Waals surface area contributed by atoms with Crippen molar-refractivity contribution >= 4 is 33.3 Å². The van der Waals surface area contributed by atoms with Gasteiger partial charge in [-0.1, -0.05) is 23.9 Å². The summed E-state index contributed by atoms with van der Waals surface area (Å²) in [5, 5.41) is 11.7. The normalized spacial score (nSPS) is 14.8. The SMILES string of the molecule is Cc1cccc(OC[C@@H](O)CSc2nc3sc4c(c3c(=O)n2C)CCCC4)c1. The molecule has 0 amide bonds. The fraction of sp³-hybridized carbons (Fsp3) is 0.429. The van der Waals surface area contributed by atoms with E-state index in [1.807, 2.05) is 31.2 Å². The van der Waals surface area contributed by atoms with Gasteiger partial charge in [-0.3, -0.25) is 9.36 Å². The first-order valence-corrected chi connectivity index (χ1v) is 11.3. The van der Waals surface area contributed by atoms with E-state index in [0.717, 1.165) is 40.8 Å². The van der Waals surface area contributed by atoms with Crippen molar-refractivity contribution in [3.05, 3.63) is 50.6 Å². The predicted molar refractivity (Wildman–Crippen MR) is 115 cm³/mol. The molecule has 0 saturated heterocycles. The maximum atomic E-state index is 12.9. The lowest BCUT2D eigenvalue weighted by molar-refractivity contribution is 0.126. The Bertz CT molecular complexity index is 1060. The van der Waals surface area contributed by atoms with Gasteiger partial charge in [0.05, 0.1) is 11.5 Å². The first-order chi connectivity index (χ1) is 13.5. The molecule has 1 aliphatic rings. The second-order valence-electron chi connectivity index (χ2n) is 7.24. The molecular weight excluding hydrogens is 392 g/mol. The fourth-order valence-corrected chi connectivity index (χ4v) is 5.69. The molecule has 0 radical (unpaired) electrons. The third-order valence-electron chi connectivity index (χ3n) is 4.99. The van der Waals surface area contributed by atoms with Crippen molar-refractivity contribution in [1.29, 1.82) is 0 Å². The molecule has 2 aromatic heterocycles. The zero-order chi connectivity index (χ0) is 19.7. The van der Waals surface area contributed by atoms with Gasteiger partial charge in [0.25, 0.3) is 5.56 Å². The smallest absolute Gasteiger partial charge is 0.262 e. The molecule has 1 atom stereocenters. The predicted octanol–water partition coefficient (Wildman–Crippen LogP) is 3.71. The van der Waals surface area contributed by atoms with E-state index in [9.17, 15) is 9.90 Å². The van der Waals surface area contributed by atoms with Crippen LogP contribution in [0.4, 0.5) is 0 Å². The number of nitrogens with zero attached hydrogens (tertiary/aromatic N) is 2. The van der Waals surface area contributed by atoms with Crippen LogP contribution >= 0.6 is 23.1 Å². The maximum Gasteiger partial charge on any atom is 0.262 e. The van der Waals surface area contributed by atoms with Gasteiger partial charge in [0.2, 0.25) is 0 Å². The van der Waals surface area contributed by atoms with Crippen molar-refractivity contribution in [2.24, 2.45) is 7.05 Å². The van der Waals surface area contributed by atoms with E-state index in [2.05, 4.69) is 0 Å². The Kier molecular flexibility index (Phi) is 5.75. The van der Waals surface area contributed by atoms with E-state index in [1.54, 1.807) is 23.0 Å². The number of aliphatic hydroxyl groups excluding tert-OH is 1. The molecule has 1 aromatic carbocycles. The third kappa shape index (κ3) is 3.97. The van der Waals surface area contributed by atoms with Gasteiger partial charge in [0, 0.05) is 17.7 Å². The molecule has 148 valence electrons. The van der Waals surface area contributed by atoms with Crippen LogP contribution in [0.25, 0.3) is 10.2 Å².